The molecule has 0 aliphatic rings. The number of benzene rings is 1. The minimum atomic E-state index is -0.355. The molecular formula is C15H13FN2O. The Morgan fingerprint density at radius 2 is 2.16 bits per heavy atom. The van der Waals surface area contributed by atoms with E-state index in [0.29, 0.717) is 11.5 Å². The first kappa shape index (κ1) is 11.7. The van der Waals surface area contributed by atoms with E-state index >= 15 is 0 Å². The highest BCUT2D eigenvalue weighted by Crippen LogP contribution is 2.29. The van der Waals surface area contributed by atoms with Crippen molar-refractivity contribution >= 4 is 16.7 Å². The van der Waals surface area contributed by atoms with Crippen LogP contribution in [0.15, 0.2) is 47.0 Å². The van der Waals surface area contributed by atoms with Crippen LogP contribution in [0.3, 0.4) is 0 Å². The Kier molecular flexibility index (Phi) is 2.91. The van der Waals surface area contributed by atoms with Crippen LogP contribution in [0.2, 0.25) is 0 Å². The van der Waals surface area contributed by atoms with Crippen molar-refractivity contribution in [2.45, 2.75) is 6.92 Å². The van der Waals surface area contributed by atoms with Gasteiger partial charge in [0.15, 0.2) is 17.2 Å². The molecule has 0 radical (unpaired) electrons. The number of fused-ring (bicyclic) bond motifs is 1. The number of para-hydroxylation sites is 1. The number of aromatic nitrogens is 1. The molecule has 0 atom stereocenters. The molecule has 1 N–H and O–H groups in total. The van der Waals surface area contributed by atoms with Crippen LogP contribution in [-0.4, -0.2) is 11.5 Å². The summed E-state index contributed by atoms with van der Waals surface area (Å²) in [4.78, 5) is 4.26. The highest BCUT2D eigenvalue weighted by Gasteiger charge is 2.10. The fraction of sp³-hybridized carbons (Fsp3) is 0.133. The van der Waals surface area contributed by atoms with Gasteiger partial charge in [-0.05, 0) is 31.2 Å². The molecular weight excluding hydrogens is 243 g/mol. The molecule has 0 aliphatic carbocycles. The van der Waals surface area contributed by atoms with E-state index < -0.39 is 0 Å². The summed E-state index contributed by atoms with van der Waals surface area (Å²) in [7, 11) is 0. The van der Waals surface area contributed by atoms with Gasteiger partial charge >= 0.3 is 0 Å². The molecule has 0 saturated carbocycles. The van der Waals surface area contributed by atoms with Crippen molar-refractivity contribution in [2.24, 2.45) is 0 Å². The second-order valence-electron chi connectivity index (χ2n) is 4.23. The Balaban J connectivity index is 2.08. The van der Waals surface area contributed by atoms with Gasteiger partial charge in [-0.25, -0.2) is 4.39 Å². The summed E-state index contributed by atoms with van der Waals surface area (Å²) >= 11 is 0. The van der Waals surface area contributed by atoms with Crippen molar-refractivity contribution in [3.8, 4) is 11.5 Å². The first-order chi connectivity index (χ1) is 9.28. The molecule has 2 heterocycles. The molecule has 0 bridgehead atoms. The lowest BCUT2D eigenvalue weighted by molar-refractivity contribution is 0.567. The van der Waals surface area contributed by atoms with Crippen LogP contribution in [0.5, 0.6) is 0 Å². The molecule has 4 heteroatoms. The van der Waals surface area contributed by atoms with E-state index in [-0.39, 0.29) is 11.4 Å². The standard InChI is InChI=1S/C15H13FN2O/c1-2-17-11-6-7-18-13(9-11)14-8-10-4-3-5-12(16)15(10)19-14/h3-9H,2H2,1H3,(H,17,18). The van der Waals surface area contributed by atoms with Crippen molar-refractivity contribution in [1.82, 2.24) is 4.98 Å². The van der Waals surface area contributed by atoms with Gasteiger partial charge in [-0.15, -0.1) is 0 Å². The highest BCUT2D eigenvalue weighted by molar-refractivity contribution is 5.82. The number of halogens is 1. The molecule has 0 unspecified atom stereocenters. The lowest BCUT2D eigenvalue weighted by Gasteiger charge is -2.03. The fourth-order valence-electron chi connectivity index (χ4n) is 2.03. The number of hydrogen-bond acceptors (Lipinski definition) is 3. The molecule has 19 heavy (non-hydrogen) atoms. The maximum atomic E-state index is 13.6. The number of furan rings is 1. The van der Waals surface area contributed by atoms with Gasteiger partial charge in [-0.1, -0.05) is 12.1 Å². The molecule has 96 valence electrons. The quantitative estimate of drug-likeness (QED) is 0.767. The van der Waals surface area contributed by atoms with Gasteiger partial charge in [-0.2, -0.15) is 0 Å². The molecule has 2 aromatic heterocycles. The lowest BCUT2D eigenvalue weighted by Crippen LogP contribution is -1.96. The van der Waals surface area contributed by atoms with E-state index in [0.717, 1.165) is 17.6 Å². The van der Waals surface area contributed by atoms with Gasteiger partial charge in [0.2, 0.25) is 0 Å². The predicted octanol–water partition coefficient (Wildman–Crippen LogP) is 4.07. The molecule has 3 nitrogen and oxygen atoms in total. The van der Waals surface area contributed by atoms with E-state index in [4.69, 9.17) is 4.42 Å². The van der Waals surface area contributed by atoms with Crippen LogP contribution < -0.4 is 5.32 Å². The SMILES string of the molecule is CCNc1ccnc(-c2cc3cccc(F)c3o2)c1. The number of anilines is 1. The van der Waals surface area contributed by atoms with E-state index in [1.807, 2.05) is 25.1 Å². The van der Waals surface area contributed by atoms with Crippen LogP contribution in [0.4, 0.5) is 10.1 Å². The number of hydrogen-bond donors (Lipinski definition) is 1. The Morgan fingerprint density at radius 3 is 2.95 bits per heavy atom. The number of rotatable bonds is 3. The monoisotopic (exact) mass is 256 g/mol. The van der Waals surface area contributed by atoms with Crippen LogP contribution in [0.1, 0.15) is 6.92 Å². The highest BCUT2D eigenvalue weighted by atomic mass is 19.1. The largest absolute Gasteiger partial charge is 0.451 e. The Hall–Kier alpha value is -2.36. The smallest absolute Gasteiger partial charge is 0.170 e. The molecule has 0 fully saturated rings. The summed E-state index contributed by atoms with van der Waals surface area (Å²) in [5.41, 5.74) is 1.93. The van der Waals surface area contributed by atoms with Gasteiger partial charge in [0.05, 0.1) is 0 Å². The van der Waals surface area contributed by atoms with Crippen molar-refractivity contribution in [3.63, 3.8) is 0 Å². The van der Waals surface area contributed by atoms with E-state index in [9.17, 15) is 4.39 Å². The summed E-state index contributed by atoms with van der Waals surface area (Å²) in [5.74, 6) is 0.214. The van der Waals surface area contributed by atoms with Gasteiger partial charge in [-0.3, -0.25) is 4.98 Å². The third kappa shape index (κ3) is 2.17. The maximum Gasteiger partial charge on any atom is 0.170 e. The zero-order chi connectivity index (χ0) is 13.2. The van der Waals surface area contributed by atoms with Crippen molar-refractivity contribution in [3.05, 3.63) is 48.4 Å². The number of pyridine rings is 1. The summed E-state index contributed by atoms with van der Waals surface area (Å²) in [6.45, 7) is 2.86. The summed E-state index contributed by atoms with van der Waals surface area (Å²) < 4.78 is 19.1. The second-order valence-corrected chi connectivity index (χ2v) is 4.23. The second kappa shape index (κ2) is 4.72. The molecule has 0 aliphatic heterocycles. The van der Waals surface area contributed by atoms with Crippen molar-refractivity contribution in [1.29, 1.82) is 0 Å². The van der Waals surface area contributed by atoms with E-state index in [2.05, 4.69) is 10.3 Å². The van der Waals surface area contributed by atoms with Crippen LogP contribution in [0, 0.1) is 5.82 Å². The third-order valence-electron chi connectivity index (χ3n) is 2.89. The number of nitrogens with zero attached hydrogens (tertiary/aromatic N) is 1. The molecule has 0 amide bonds. The zero-order valence-electron chi connectivity index (χ0n) is 10.5. The van der Waals surface area contributed by atoms with Gasteiger partial charge < -0.3 is 9.73 Å². The average molecular weight is 256 g/mol. The van der Waals surface area contributed by atoms with E-state index in [1.165, 1.54) is 6.07 Å². The Labute approximate surface area is 110 Å². The first-order valence-electron chi connectivity index (χ1n) is 6.16. The zero-order valence-corrected chi connectivity index (χ0v) is 10.5. The number of nitrogens with one attached hydrogen (secondary N) is 1. The predicted molar refractivity (Wildman–Crippen MR) is 73.6 cm³/mol. The van der Waals surface area contributed by atoms with Crippen molar-refractivity contribution < 1.29 is 8.81 Å². The summed E-state index contributed by atoms with van der Waals surface area (Å²) in [5, 5.41) is 3.95. The molecule has 0 saturated heterocycles. The average Bonchev–Trinajstić information content (AvgIpc) is 2.85. The normalized spacial score (nSPS) is 10.8. The van der Waals surface area contributed by atoms with Crippen LogP contribution >= 0.6 is 0 Å². The Bertz CT molecular complexity index is 721. The molecule has 3 rings (SSSR count). The van der Waals surface area contributed by atoms with Gasteiger partial charge in [0, 0.05) is 23.8 Å². The van der Waals surface area contributed by atoms with Gasteiger partial charge in [0.25, 0.3) is 0 Å². The third-order valence-corrected chi connectivity index (χ3v) is 2.89. The fourth-order valence-corrected chi connectivity index (χ4v) is 2.03. The minimum absolute atomic E-state index is 0.271. The maximum absolute atomic E-state index is 13.6. The Morgan fingerprint density at radius 1 is 1.26 bits per heavy atom. The lowest BCUT2D eigenvalue weighted by atomic mass is 10.2. The molecule has 3 aromatic rings. The van der Waals surface area contributed by atoms with E-state index in [1.54, 1.807) is 18.3 Å². The summed E-state index contributed by atoms with van der Waals surface area (Å²) in [6, 6.07) is 10.4. The minimum Gasteiger partial charge on any atom is -0.451 e. The molecule has 0 spiro atoms. The summed E-state index contributed by atoms with van der Waals surface area (Å²) in [6.07, 6.45) is 1.71. The van der Waals surface area contributed by atoms with Crippen molar-refractivity contribution in [2.75, 3.05) is 11.9 Å². The van der Waals surface area contributed by atoms with Crippen LogP contribution in [-0.2, 0) is 0 Å². The topological polar surface area (TPSA) is 38.1 Å². The first-order valence-corrected chi connectivity index (χ1v) is 6.16. The van der Waals surface area contributed by atoms with Gasteiger partial charge in [0.1, 0.15) is 5.69 Å². The van der Waals surface area contributed by atoms with Crippen LogP contribution in [0.25, 0.3) is 22.4 Å². The molecule has 1 aromatic carbocycles.